The van der Waals surface area contributed by atoms with Gasteiger partial charge in [-0.25, -0.2) is 0 Å². The lowest BCUT2D eigenvalue weighted by molar-refractivity contribution is 0.00933. The zero-order valence-electron chi connectivity index (χ0n) is 35.1. The summed E-state index contributed by atoms with van der Waals surface area (Å²) in [5, 5.41) is 0. The van der Waals surface area contributed by atoms with Crippen molar-refractivity contribution in [1.29, 1.82) is 0 Å². The van der Waals surface area contributed by atoms with Crippen LogP contribution in [-0.4, -0.2) is 77.1 Å². The molecule has 0 spiro atoms. The monoisotopic (exact) mass is 800 g/mol. The zero-order chi connectivity index (χ0) is 38.1. The second kappa shape index (κ2) is 23.6. The van der Waals surface area contributed by atoms with Crippen molar-refractivity contribution in [2.75, 3.05) is 33.0 Å². The van der Waals surface area contributed by atoms with E-state index in [0.29, 0.717) is 63.3 Å². The summed E-state index contributed by atoms with van der Waals surface area (Å²) in [7, 11) is -18.4. The second-order valence-corrected chi connectivity index (χ2v) is 30.6. The Morgan fingerprint density at radius 2 is 0.440 bits per heavy atom. The standard InChI is InChI=1S/C35H80O10Si5/c1-16-21-36-46(26-31(6)7)41-47(27-32(8)9,37-22-17-2)43-49(29-34(12)13,39-24-19-4)45-50(30-35(14)15,40-25-20-5)44-48(42-46,28-33(10)11)38-23-18-3/h31-35H,16-30H2,1-15H3. The minimum absolute atomic E-state index is 0.203. The fourth-order valence-corrected chi connectivity index (χ4v) is 32.1. The highest BCUT2D eigenvalue weighted by Gasteiger charge is 2.68. The highest BCUT2D eigenvalue weighted by Crippen LogP contribution is 2.43. The van der Waals surface area contributed by atoms with Gasteiger partial charge in [0.2, 0.25) is 0 Å². The van der Waals surface area contributed by atoms with E-state index in [4.69, 9.17) is 42.7 Å². The summed E-state index contributed by atoms with van der Waals surface area (Å²) in [6.45, 7) is 35.0. The van der Waals surface area contributed by atoms with Crippen LogP contribution < -0.4 is 0 Å². The summed E-state index contributed by atoms with van der Waals surface area (Å²) in [5.74, 6) is 1.02. The van der Waals surface area contributed by atoms with Gasteiger partial charge in [-0.05, 0) is 61.7 Å². The molecule has 0 bridgehead atoms. The molecule has 1 aliphatic rings. The van der Waals surface area contributed by atoms with Gasteiger partial charge in [0.1, 0.15) is 0 Å². The highest BCUT2D eigenvalue weighted by atomic mass is 28.6. The second-order valence-electron chi connectivity index (χ2n) is 16.2. The van der Waals surface area contributed by atoms with E-state index < -0.39 is 44.0 Å². The highest BCUT2D eigenvalue weighted by molar-refractivity contribution is 6.89. The van der Waals surface area contributed by atoms with Gasteiger partial charge < -0.3 is 42.7 Å². The van der Waals surface area contributed by atoms with E-state index in [-0.39, 0.29) is 29.6 Å². The maximum atomic E-state index is 7.61. The van der Waals surface area contributed by atoms with Gasteiger partial charge in [-0.3, -0.25) is 0 Å². The molecular formula is C35H80O10Si5. The molecule has 300 valence electrons. The van der Waals surface area contributed by atoms with Gasteiger partial charge in [0, 0.05) is 63.3 Å². The normalized spacial score (nSPS) is 30.0. The van der Waals surface area contributed by atoms with Crippen LogP contribution in [0, 0.1) is 29.6 Å². The molecule has 1 aliphatic heterocycles. The summed E-state index contributed by atoms with van der Waals surface area (Å²) in [6.07, 6.45) is 4.05. The fourth-order valence-electron chi connectivity index (χ4n) is 6.08. The van der Waals surface area contributed by atoms with Crippen molar-refractivity contribution in [2.45, 2.75) is 166 Å². The first-order chi connectivity index (χ1) is 23.4. The van der Waals surface area contributed by atoms with Gasteiger partial charge in [0.25, 0.3) is 0 Å². The molecule has 1 rings (SSSR count). The summed E-state index contributed by atoms with van der Waals surface area (Å²) >= 11 is 0. The lowest BCUT2D eigenvalue weighted by Crippen LogP contribution is -2.74. The largest absolute Gasteiger partial charge is 0.486 e. The summed E-state index contributed by atoms with van der Waals surface area (Å²) < 4.78 is 73.1. The molecule has 1 saturated heterocycles. The maximum absolute atomic E-state index is 7.61. The van der Waals surface area contributed by atoms with Crippen LogP contribution in [0.2, 0.25) is 30.2 Å². The van der Waals surface area contributed by atoms with E-state index in [9.17, 15) is 0 Å². The van der Waals surface area contributed by atoms with Crippen molar-refractivity contribution >= 4 is 44.0 Å². The summed E-state index contributed by atoms with van der Waals surface area (Å²) in [6, 6.07) is 2.89. The van der Waals surface area contributed by atoms with Gasteiger partial charge in [-0.2, -0.15) is 0 Å². The van der Waals surface area contributed by atoms with E-state index in [1.807, 2.05) is 0 Å². The van der Waals surface area contributed by atoms with E-state index in [1.54, 1.807) is 0 Å². The van der Waals surface area contributed by atoms with Crippen molar-refractivity contribution in [2.24, 2.45) is 29.6 Å². The lowest BCUT2D eigenvalue weighted by Gasteiger charge is -2.51. The average molecular weight is 801 g/mol. The molecule has 0 aliphatic carbocycles. The Labute approximate surface area is 314 Å². The number of hydrogen-bond donors (Lipinski definition) is 0. The van der Waals surface area contributed by atoms with Crippen molar-refractivity contribution in [1.82, 2.24) is 0 Å². The molecule has 0 saturated carbocycles. The van der Waals surface area contributed by atoms with Gasteiger partial charge in [0.15, 0.2) is 0 Å². The molecule has 0 aromatic rings. The van der Waals surface area contributed by atoms with Crippen molar-refractivity contribution < 1.29 is 42.7 Å². The molecule has 15 heteroatoms. The van der Waals surface area contributed by atoms with Crippen molar-refractivity contribution in [3.8, 4) is 0 Å². The fraction of sp³-hybridized carbons (Fsp3) is 1.00. The van der Waals surface area contributed by atoms with Crippen molar-refractivity contribution in [3.63, 3.8) is 0 Å². The van der Waals surface area contributed by atoms with Crippen LogP contribution in [0.5, 0.6) is 0 Å². The molecule has 1 fully saturated rings. The van der Waals surface area contributed by atoms with E-state index in [2.05, 4.69) is 104 Å². The van der Waals surface area contributed by atoms with Crippen LogP contribution in [0.15, 0.2) is 0 Å². The molecule has 0 amide bonds. The van der Waals surface area contributed by atoms with E-state index in [1.165, 1.54) is 0 Å². The first kappa shape index (κ1) is 48.7. The Morgan fingerprint density at radius 3 is 0.540 bits per heavy atom. The molecule has 0 unspecified atom stereocenters. The minimum Gasteiger partial charge on any atom is -0.374 e. The Morgan fingerprint density at radius 1 is 0.300 bits per heavy atom. The minimum atomic E-state index is -3.67. The first-order valence-electron chi connectivity index (χ1n) is 20.1. The van der Waals surface area contributed by atoms with Crippen LogP contribution in [0.3, 0.4) is 0 Å². The van der Waals surface area contributed by atoms with Crippen LogP contribution in [0.25, 0.3) is 0 Å². The van der Waals surface area contributed by atoms with Crippen LogP contribution in [0.1, 0.15) is 136 Å². The number of hydrogen-bond acceptors (Lipinski definition) is 10. The lowest BCUT2D eigenvalue weighted by atomic mass is 10.3. The molecule has 10 nitrogen and oxygen atoms in total. The smallest absolute Gasteiger partial charge is 0.374 e. The van der Waals surface area contributed by atoms with Gasteiger partial charge in [-0.1, -0.05) is 104 Å². The van der Waals surface area contributed by atoms with Gasteiger partial charge in [0.05, 0.1) is 0 Å². The molecule has 0 atom stereocenters. The van der Waals surface area contributed by atoms with E-state index in [0.717, 1.165) is 32.1 Å². The SMILES string of the molecule is CCCO[Si]1(CC(C)C)O[Si](CC(C)C)(OCCC)O[Si](CC(C)C)(OCCC)O[Si](CC(C)C)(OCCC)O[Si](CC(C)C)(OCCC)O1. The molecule has 1 heterocycles. The predicted octanol–water partition coefficient (Wildman–Crippen LogP) is 10.2. The molecule has 50 heavy (non-hydrogen) atoms. The third kappa shape index (κ3) is 17.0. The third-order valence-corrected chi connectivity index (χ3v) is 29.7. The quantitative estimate of drug-likeness (QED) is 0.0831. The Kier molecular flexibility index (Phi) is 23.0. The Hall–Kier alpha value is 0.684. The van der Waals surface area contributed by atoms with Gasteiger partial charge >= 0.3 is 44.0 Å². The molecule has 0 aromatic heterocycles. The van der Waals surface area contributed by atoms with Crippen LogP contribution in [-0.2, 0) is 42.7 Å². The zero-order valence-corrected chi connectivity index (χ0v) is 40.1. The molecular weight excluding hydrogens is 721 g/mol. The Balaban J connectivity index is 4.58. The summed E-state index contributed by atoms with van der Waals surface area (Å²) in [5.41, 5.74) is 0. The Bertz CT molecular complexity index is 723. The molecule has 0 radical (unpaired) electrons. The van der Waals surface area contributed by atoms with E-state index >= 15 is 0 Å². The van der Waals surface area contributed by atoms with Crippen LogP contribution >= 0.6 is 0 Å². The first-order valence-corrected chi connectivity index (χ1v) is 29.8. The predicted molar refractivity (Wildman–Crippen MR) is 214 cm³/mol. The molecule has 0 aromatic carbocycles. The van der Waals surface area contributed by atoms with Gasteiger partial charge in [-0.15, -0.1) is 0 Å². The molecule has 0 N–H and O–H groups in total. The third-order valence-electron chi connectivity index (χ3n) is 7.48. The topological polar surface area (TPSA) is 92.3 Å². The average Bonchev–Trinajstić information content (AvgIpc) is 2.97. The van der Waals surface area contributed by atoms with Crippen LogP contribution in [0.4, 0.5) is 0 Å². The number of rotatable bonds is 25. The maximum Gasteiger partial charge on any atom is 0.486 e. The summed E-state index contributed by atoms with van der Waals surface area (Å²) in [4.78, 5) is 0. The van der Waals surface area contributed by atoms with Crippen molar-refractivity contribution in [3.05, 3.63) is 0 Å².